The van der Waals surface area contributed by atoms with Gasteiger partial charge < -0.3 is 10.1 Å². The van der Waals surface area contributed by atoms with Crippen LogP contribution < -0.4 is 5.32 Å². The minimum Gasteiger partial charge on any atom is -0.465 e. The first-order valence-corrected chi connectivity index (χ1v) is 9.84. The third-order valence-corrected chi connectivity index (χ3v) is 4.49. The molecule has 0 spiro atoms. The molecule has 0 radical (unpaired) electrons. The summed E-state index contributed by atoms with van der Waals surface area (Å²) in [7, 11) is 1.29. The summed E-state index contributed by atoms with van der Waals surface area (Å²) in [6, 6.07) is 17.3. The van der Waals surface area contributed by atoms with Crippen LogP contribution in [0.1, 0.15) is 32.0 Å². The van der Waals surface area contributed by atoms with E-state index in [2.05, 4.69) is 37.3 Å². The van der Waals surface area contributed by atoms with Crippen LogP contribution in [-0.2, 0) is 4.74 Å². The molecular formula is C25H17N5O3. The number of carbonyl (C=O) groups excluding carboxylic acids is 2. The van der Waals surface area contributed by atoms with Gasteiger partial charge in [-0.3, -0.25) is 9.78 Å². The number of carbonyl (C=O) groups is 2. The van der Waals surface area contributed by atoms with Crippen LogP contribution in [-0.4, -0.2) is 39.2 Å². The third-order valence-electron chi connectivity index (χ3n) is 4.49. The molecule has 4 rings (SSSR count). The van der Waals surface area contributed by atoms with Crippen molar-refractivity contribution in [3.8, 4) is 23.1 Å². The Kier molecular flexibility index (Phi) is 6.43. The number of anilines is 1. The van der Waals surface area contributed by atoms with Crippen molar-refractivity contribution in [2.75, 3.05) is 12.4 Å². The molecular weight excluding hydrogens is 418 g/mol. The average molecular weight is 435 g/mol. The Bertz CT molecular complexity index is 1350. The standard InChI is InChI=1S/C25H17N5O3/c1-33-25(32)20-14-22(28-23(15-20)29-24(31)21-5-3-13-27-30-21)19-10-8-17(9-11-19)6-7-18-4-2-12-26-16-18/h2-5,8-16H,1H3,(H,28,29,31). The van der Waals surface area contributed by atoms with Gasteiger partial charge in [0.15, 0.2) is 5.69 Å². The second-order valence-electron chi connectivity index (χ2n) is 6.75. The second kappa shape index (κ2) is 9.94. The van der Waals surface area contributed by atoms with Crippen LogP contribution >= 0.6 is 0 Å². The van der Waals surface area contributed by atoms with Gasteiger partial charge in [0.2, 0.25) is 0 Å². The largest absolute Gasteiger partial charge is 0.465 e. The first kappa shape index (κ1) is 21.3. The lowest BCUT2D eigenvalue weighted by Gasteiger charge is -2.09. The Balaban J connectivity index is 1.62. The lowest BCUT2D eigenvalue weighted by Crippen LogP contribution is -2.16. The summed E-state index contributed by atoms with van der Waals surface area (Å²) in [6.07, 6.45) is 4.86. The van der Waals surface area contributed by atoms with Gasteiger partial charge in [-0.2, -0.15) is 5.10 Å². The van der Waals surface area contributed by atoms with E-state index in [1.54, 1.807) is 24.5 Å². The SMILES string of the molecule is COC(=O)c1cc(NC(=O)c2cccnn2)nc(-c2ccc(C#Cc3cccnc3)cc2)c1. The molecule has 1 aromatic carbocycles. The lowest BCUT2D eigenvalue weighted by atomic mass is 10.1. The van der Waals surface area contributed by atoms with Crippen molar-refractivity contribution >= 4 is 17.7 Å². The maximum atomic E-state index is 12.5. The Hall–Kier alpha value is -4.90. The Morgan fingerprint density at radius 3 is 2.42 bits per heavy atom. The van der Waals surface area contributed by atoms with Crippen LogP contribution in [0.25, 0.3) is 11.3 Å². The van der Waals surface area contributed by atoms with E-state index in [1.807, 2.05) is 36.4 Å². The third kappa shape index (κ3) is 5.42. The number of esters is 1. The van der Waals surface area contributed by atoms with E-state index in [0.29, 0.717) is 5.69 Å². The smallest absolute Gasteiger partial charge is 0.338 e. The highest BCUT2D eigenvalue weighted by Gasteiger charge is 2.14. The molecule has 33 heavy (non-hydrogen) atoms. The molecule has 3 heterocycles. The van der Waals surface area contributed by atoms with E-state index in [9.17, 15) is 9.59 Å². The van der Waals surface area contributed by atoms with Crippen molar-refractivity contribution in [1.82, 2.24) is 20.2 Å². The number of rotatable bonds is 4. The minimum absolute atomic E-state index is 0.126. The van der Waals surface area contributed by atoms with E-state index in [-0.39, 0.29) is 17.1 Å². The summed E-state index contributed by atoms with van der Waals surface area (Å²) < 4.78 is 4.84. The number of hydrogen-bond donors (Lipinski definition) is 1. The fourth-order valence-electron chi connectivity index (χ4n) is 2.89. The Labute approximate surface area is 189 Å². The predicted molar refractivity (Wildman–Crippen MR) is 121 cm³/mol. The molecule has 0 unspecified atom stereocenters. The van der Waals surface area contributed by atoms with Gasteiger partial charge in [-0.1, -0.05) is 24.0 Å². The topological polar surface area (TPSA) is 107 Å². The van der Waals surface area contributed by atoms with Crippen LogP contribution in [0.2, 0.25) is 0 Å². The van der Waals surface area contributed by atoms with Crippen LogP contribution in [0, 0.1) is 11.8 Å². The van der Waals surface area contributed by atoms with Crippen molar-refractivity contribution < 1.29 is 14.3 Å². The Morgan fingerprint density at radius 2 is 1.73 bits per heavy atom. The summed E-state index contributed by atoms with van der Waals surface area (Å²) >= 11 is 0. The molecule has 0 bridgehead atoms. The molecule has 8 nitrogen and oxygen atoms in total. The highest BCUT2D eigenvalue weighted by molar-refractivity contribution is 6.03. The van der Waals surface area contributed by atoms with Gasteiger partial charge in [0.05, 0.1) is 18.4 Å². The first-order valence-electron chi connectivity index (χ1n) is 9.84. The number of methoxy groups -OCH3 is 1. The van der Waals surface area contributed by atoms with E-state index in [1.165, 1.54) is 25.4 Å². The molecule has 1 amide bonds. The number of benzene rings is 1. The summed E-state index contributed by atoms with van der Waals surface area (Å²) in [6.45, 7) is 0. The van der Waals surface area contributed by atoms with Gasteiger partial charge in [0, 0.05) is 35.3 Å². The molecule has 1 N–H and O–H groups in total. The van der Waals surface area contributed by atoms with Crippen LogP contribution in [0.15, 0.2) is 79.3 Å². The molecule has 0 fully saturated rings. The molecule has 8 heteroatoms. The van der Waals surface area contributed by atoms with E-state index in [4.69, 9.17) is 4.74 Å². The van der Waals surface area contributed by atoms with Crippen molar-refractivity contribution in [3.05, 3.63) is 102 Å². The lowest BCUT2D eigenvalue weighted by molar-refractivity contribution is 0.0600. The number of nitrogens with one attached hydrogen (secondary N) is 1. The fraction of sp³-hybridized carbons (Fsp3) is 0.0400. The average Bonchev–Trinajstić information content (AvgIpc) is 2.88. The van der Waals surface area contributed by atoms with E-state index < -0.39 is 11.9 Å². The normalized spacial score (nSPS) is 9.97. The van der Waals surface area contributed by atoms with Crippen molar-refractivity contribution in [1.29, 1.82) is 0 Å². The monoisotopic (exact) mass is 435 g/mol. The molecule has 160 valence electrons. The van der Waals surface area contributed by atoms with Gasteiger partial charge >= 0.3 is 5.97 Å². The molecule has 0 aliphatic heterocycles. The molecule has 0 atom stereocenters. The number of amides is 1. The van der Waals surface area contributed by atoms with Gasteiger partial charge in [-0.05, 0) is 48.5 Å². The maximum Gasteiger partial charge on any atom is 0.338 e. The Morgan fingerprint density at radius 1 is 0.939 bits per heavy atom. The van der Waals surface area contributed by atoms with Gasteiger partial charge in [0.25, 0.3) is 5.91 Å². The van der Waals surface area contributed by atoms with Crippen LogP contribution in [0.5, 0.6) is 0 Å². The number of hydrogen-bond acceptors (Lipinski definition) is 7. The van der Waals surface area contributed by atoms with E-state index in [0.717, 1.165) is 16.7 Å². The second-order valence-corrected chi connectivity index (χ2v) is 6.75. The molecule has 0 aliphatic rings. The summed E-state index contributed by atoms with van der Waals surface area (Å²) in [5.74, 6) is 5.27. The highest BCUT2D eigenvalue weighted by atomic mass is 16.5. The molecule has 4 aromatic rings. The summed E-state index contributed by atoms with van der Waals surface area (Å²) in [5, 5.41) is 10.1. The summed E-state index contributed by atoms with van der Waals surface area (Å²) in [4.78, 5) is 33.1. The zero-order valence-corrected chi connectivity index (χ0v) is 17.5. The van der Waals surface area contributed by atoms with Crippen LogP contribution in [0.3, 0.4) is 0 Å². The van der Waals surface area contributed by atoms with Gasteiger partial charge in [0.1, 0.15) is 5.82 Å². The molecule has 0 saturated heterocycles. The van der Waals surface area contributed by atoms with Gasteiger partial charge in [-0.15, -0.1) is 5.10 Å². The van der Waals surface area contributed by atoms with Crippen molar-refractivity contribution in [3.63, 3.8) is 0 Å². The highest BCUT2D eigenvalue weighted by Crippen LogP contribution is 2.23. The molecule has 3 aromatic heterocycles. The minimum atomic E-state index is -0.549. The quantitative estimate of drug-likeness (QED) is 0.387. The predicted octanol–water partition coefficient (Wildman–Crippen LogP) is 3.37. The zero-order valence-electron chi connectivity index (χ0n) is 17.5. The van der Waals surface area contributed by atoms with Crippen molar-refractivity contribution in [2.24, 2.45) is 0 Å². The van der Waals surface area contributed by atoms with Gasteiger partial charge in [-0.25, -0.2) is 9.78 Å². The number of ether oxygens (including phenoxy) is 1. The number of nitrogens with zero attached hydrogens (tertiary/aromatic N) is 4. The molecule has 0 saturated carbocycles. The fourth-order valence-corrected chi connectivity index (χ4v) is 2.89. The molecule has 0 aliphatic carbocycles. The first-order chi connectivity index (χ1) is 16.1. The number of aromatic nitrogens is 4. The van der Waals surface area contributed by atoms with Crippen LogP contribution in [0.4, 0.5) is 5.82 Å². The van der Waals surface area contributed by atoms with Crippen molar-refractivity contribution in [2.45, 2.75) is 0 Å². The maximum absolute atomic E-state index is 12.5. The zero-order chi connectivity index (χ0) is 23.0. The van der Waals surface area contributed by atoms with E-state index >= 15 is 0 Å². The summed E-state index contributed by atoms with van der Waals surface area (Å²) in [5.41, 5.74) is 3.22. The number of pyridine rings is 2.